The Bertz CT molecular complexity index is 533. The zero-order valence-corrected chi connectivity index (χ0v) is 10.7. The summed E-state index contributed by atoms with van der Waals surface area (Å²) in [6.45, 7) is 8.27. The van der Waals surface area contributed by atoms with Gasteiger partial charge in [0.2, 0.25) is 0 Å². The fourth-order valence-corrected chi connectivity index (χ4v) is 1.79. The van der Waals surface area contributed by atoms with E-state index >= 15 is 0 Å². The van der Waals surface area contributed by atoms with E-state index in [4.69, 9.17) is 0 Å². The van der Waals surface area contributed by atoms with Gasteiger partial charge in [0.1, 0.15) is 6.33 Å². The number of rotatable bonds is 2. The Morgan fingerprint density at radius 1 is 1.06 bits per heavy atom. The Labute approximate surface area is 102 Å². The molecule has 0 unspecified atom stereocenters. The summed E-state index contributed by atoms with van der Waals surface area (Å²) in [6.07, 6.45) is 1.63. The Morgan fingerprint density at radius 3 is 2.47 bits per heavy atom. The maximum absolute atomic E-state index is 4.46. The summed E-state index contributed by atoms with van der Waals surface area (Å²) >= 11 is 0. The first-order chi connectivity index (χ1) is 8.08. The normalized spacial score (nSPS) is 10.9. The number of hydrogen-bond acceptors (Lipinski definition) is 3. The molecule has 2 heterocycles. The maximum Gasteiger partial charge on any atom is 0.116 e. The highest BCUT2D eigenvalue weighted by Crippen LogP contribution is 2.22. The lowest BCUT2D eigenvalue weighted by atomic mass is 10.1. The summed E-state index contributed by atoms with van der Waals surface area (Å²) in [5.41, 5.74) is 5.14. The predicted molar refractivity (Wildman–Crippen MR) is 68.8 cm³/mol. The van der Waals surface area contributed by atoms with Gasteiger partial charge in [-0.1, -0.05) is 13.8 Å². The number of aromatic nitrogens is 3. The molecule has 0 saturated carbocycles. The van der Waals surface area contributed by atoms with E-state index < -0.39 is 0 Å². The van der Waals surface area contributed by atoms with Gasteiger partial charge in [-0.25, -0.2) is 9.97 Å². The standard InChI is InChI=1S/C14H17N3/c1-9(2)13-7-14(16-8-15-13)12-6-5-10(3)17-11(12)4/h5-9H,1-4H3. The van der Waals surface area contributed by atoms with Gasteiger partial charge in [-0.2, -0.15) is 0 Å². The summed E-state index contributed by atoms with van der Waals surface area (Å²) in [6, 6.07) is 6.13. The molecule has 0 aliphatic rings. The van der Waals surface area contributed by atoms with Crippen LogP contribution in [0.4, 0.5) is 0 Å². The summed E-state index contributed by atoms with van der Waals surface area (Å²) in [4.78, 5) is 13.1. The van der Waals surface area contributed by atoms with Crippen LogP contribution in [0, 0.1) is 13.8 Å². The third kappa shape index (κ3) is 2.49. The topological polar surface area (TPSA) is 38.7 Å². The van der Waals surface area contributed by atoms with Crippen molar-refractivity contribution in [1.29, 1.82) is 0 Å². The van der Waals surface area contributed by atoms with Crippen LogP contribution in [0.25, 0.3) is 11.3 Å². The summed E-state index contributed by atoms with van der Waals surface area (Å²) < 4.78 is 0. The van der Waals surface area contributed by atoms with Gasteiger partial charge in [-0.05, 0) is 38.0 Å². The molecule has 0 spiro atoms. The second-order valence-electron chi connectivity index (χ2n) is 4.57. The van der Waals surface area contributed by atoms with Crippen LogP contribution in [0.15, 0.2) is 24.5 Å². The molecule has 3 heteroatoms. The van der Waals surface area contributed by atoms with Gasteiger partial charge >= 0.3 is 0 Å². The molecular weight excluding hydrogens is 210 g/mol. The van der Waals surface area contributed by atoms with E-state index in [1.807, 2.05) is 26.0 Å². The molecule has 88 valence electrons. The van der Waals surface area contributed by atoms with Crippen LogP contribution in [-0.2, 0) is 0 Å². The molecular formula is C14H17N3. The first-order valence-corrected chi connectivity index (χ1v) is 5.84. The summed E-state index contributed by atoms with van der Waals surface area (Å²) in [7, 11) is 0. The van der Waals surface area contributed by atoms with Crippen LogP contribution in [0.1, 0.15) is 36.8 Å². The van der Waals surface area contributed by atoms with Crippen molar-refractivity contribution in [2.45, 2.75) is 33.6 Å². The zero-order chi connectivity index (χ0) is 12.4. The lowest BCUT2D eigenvalue weighted by Crippen LogP contribution is -1.97. The minimum absolute atomic E-state index is 0.412. The maximum atomic E-state index is 4.46. The SMILES string of the molecule is Cc1ccc(-c2cc(C(C)C)ncn2)c(C)n1. The molecule has 0 N–H and O–H groups in total. The van der Waals surface area contributed by atoms with Crippen molar-refractivity contribution in [2.24, 2.45) is 0 Å². The first kappa shape index (κ1) is 11.7. The molecule has 0 aliphatic carbocycles. The van der Waals surface area contributed by atoms with Crippen LogP contribution < -0.4 is 0 Å². The van der Waals surface area contributed by atoms with Gasteiger partial charge < -0.3 is 0 Å². The Kier molecular flexibility index (Phi) is 3.18. The van der Waals surface area contributed by atoms with E-state index in [2.05, 4.69) is 34.9 Å². The molecule has 0 aliphatic heterocycles. The second kappa shape index (κ2) is 4.62. The van der Waals surface area contributed by atoms with E-state index in [9.17, 15) is 0 Å². The number of pyridine rings is 1. The number of aryl methyl sites for hydroxylation is 2. The molecule has 3 nitrogen and oxygen atoms in total. The minimum atomic E-state index is 0.412. The molecule has 2 rings (SSSR count). The van der Waals surface area contributed by atoms with Crippen molar-refractivity contribution >= 4 is 0 Å². The lowest BCUT2D eigenvalue weighted by molar-refractivity contribution is 0.815. The summed E-state index contributed by atoms with van der Waals surface area (Å²) in [5.74, 6) is 0.412. The molecule has 2 aromatic rings. The van der Waals surface area contributed by atoms with Gasteiger partial charge in [-0.15, -0.1) is 0 Å². The van der Waals surface area contributed by atoms with Crippen molar-refractivity contribution in [3.8, 4) is 11.3 Å². The number of nitrogens with zero attached hydrogens (tertiary/aromatic N) is 3. The molecule has 0 atom stereocenters. The van der Waals surface area contributed by atoms with Gasteiger partial charge in [0.05, 0.1) is 5.69 Å². The van der Waals surface area contributed by atoms with Crippen molar-refractivity contribution in [2.75, 3.05) is 0 Å². The third-order valence-electron chi connectivity index (χ3n) is 2.78. The van der Waals surface area contributed by atoms with E-state index in [0.717, 1.165) is 28.3 Å². The largest absolute Gasteiger partial charge is 0.258 e. The van der Waals surface area contributed by atoms with Crippen molar-refractivity contribution in [3.05, 3.63) is 41.6 Å². The van der Waals surface area contributed by atoms with E-state index in [-0.39, 0.29) is 0 Å². The van der Waals surface area contributed by atoms with Crippen molar-refractivity contribution in [1.82, 2.24) is 15.0 Å². The average molecular weight is 227 g/mol. The molecule has 0 saturated heterocycles. The predicted octanol–water partition coefficient (Wildman–Crippen LogP) is 3.28. The molecule has 2 aromatic heterocycles. The Hall–Kier alpha value is -1.77. The monoisotopic (exact) mass is 227 g/mol. The van der Waals surface area contributed by atoms with E-state index in [1.54, 1.807) is 6.33 Å². The summed E-state index contributed by atoms with van der Waals surface area (Å²) in [5, 5.41) is 0. The van der Waals surface area contributed by atoms with Gasteiger partial charge in [0, 0.05) is 22.6 Å². The third-order valence-corrected chi connectivity index (χ3v) is 2.78. The van der Waals surface area contributed by atoms with Gasteiger partial charge in [-0.3, -0.25) is 4.98 Å². The first-order valence-electron chi connectivity index (χ1n) is 5.84. The van der Waals surface area contributed by atoms with Crippen LogP contribution in [0.3, 0.4) is 0 Å². The lowest BCUT2D eigenvalue weighted by Gasteiger charge is -2.08. The quantitative estimate of drug-likeness (QED) is 0.790. The highest BCUT2D eigenvalue weighted by molar-refractivity contribution is 5.61. The van der Waals surface area contributed by atoms with Gasteiger partial charge in [0.25, 0.3) is 0 Å². The van der Waals surface area contributed by atoms with E-state index in [1.165, 1.54) is 0 Å². The second-order valence-corrected chi connectivity index (χ2v) is 4.57. The van der Waals surface area contributed by atoms with Crippen molar-refractivity contribution in [3.63, 3.8) is 0 Å². The molecule has 0 aromatic carbocycles. The Morgan fingerprint density at radius 2 is 1.82 bits per heavy atom. The van der Waals surface area contributed by atoms with Crippen LogP contribution >= 0.6 is 0 Å². The highest BCUT2D eigenvalue weighted by Gasteiger charge is 2.07. The van der Waals surface area contributed by atoms with Crippen LogP contribution in [0.2, 0.25) is 0 Å². The van der Waals surface area contributed by atoms with Crippen LogP contribution in [0.5, 0.6) is 0 Å². The molecule has 0 bridgehead atoms. The smallest absolute Gasteiger partial charge is 0.116 e. The van der Waals surface area contributed by atoms with Gasteiger partial charge in [0.15, 0.2) is 0 Å². The molecule has 0 fully saturated rings. The minimum Gasteiger partial charge on any atom is -0.258 e. The highest BCUT2D eigenvalue weighted by atomic mass is 14.8. The number of hydrogen-bond donors (Lipinski definition) is 0. The molecule has 17 heavy (non-hydrogen) atoms. The Balaban J connectivity index is 2.49. The molecule has 0 amide bonds. The average Bonchev–Trinajstić information content (AvgIpc) is 2.29. The van der Waals surface area contributed by atoms with Crippen LogP contribution in [-0.4, -0.2) is 15.0 Å². The fourth-order valence-electron chi connectivity index (χ4n) is 1.79. The zero-order valence-electron chi connectivity index (χ0n) is 10.7. The van der Waals surface area contributed by atoms with Crippen molar-refractivity contribution < 1.29 is 0 Å². The molecule has 0 radical (unpaired) electrons. The fraction of sp³-hybridized carbons (Fsp3) is 0.357. The van der Waals surface area contributed by atoms with E-state index in [0.29, 0.717) is 5.92 Å².